The van der Waals surface area contributed by atoms with Gasteiger partial charge in [-0.05, 0) is 25.8 Å². The summed E-state index contributed by atoms with van der Waals surface area (Å²) in [7, 11) is 4.13. The molecular weight excluding hydrogens is 479 g/mol. The number of carbonyl (C=O) groups is 1. The summed E-state index contributed by atoms with van der Waals surface area (Å²) in [5.41, 5.74) is 5.02. The zero-order valence-corrected chi connectivity index (χ0v) is 20.5. The summed E-state index contributed by atoms with van der Waals surface area (Å²) in [5, 5.41) is 8.16. The predicted molar refractivity (Wildman–Crippen MR) is 129 cm³/mol. The van der Waals surface area contributed by atoms with E-state index in [0.717, 1.165) is 10.3 Å². The van der Waals surface area contributed by atoms with Crippen molar-refractivity contribution in [1.82, 2.24) is 9.55 Å². The highest BCUT2D eigenvalue weighted by Crippen LogP contribution is 2.30. The molecule has 194 valence electrons. The molecule has 0 saturated carbocycles. The van der Waals surface area contributed by atoms with Crippen molar-refractivity contribution >= 4 is 35.3 Å². The van der Waals surface area contributed by atoms with Gasteiger partial charge >= 0.3 is 18.1 Å². The molecule has 1 aliphatic heterocycles. The first-order valence-corrected chi connectivity index (χ1v) is 11.2. The van der Waals surface area contributed by atoms with Crippen molar-refractivity contribution in [3.63, 3.8) is 0 Å². The number of pyridine rings is 2. The summed E-state index contributed by atoms with van der Waals surface area (Å²) in [6.45, 7) is 2.69. The largest absolute Gasteiger partial charge is 0.495 e. The summed E-state index contributed by atoms with van der Waals surface area (Å²) in [4.78, 5) is 31.2. The molecule has 2 amide bonds. The van der Waals surface area contributed by atoms with Gasteiger partial charge in [-0.15, -0.1) is 0 Å². The van der Waals surface area contributed by atoms with E-state index >= 15 is 0 Å². The molecule has 3 rings (SSSR count). The molecule has 1 aliphatic rings. The van der Waals surface area contributed by atoms with Crippen LogP contribution in [0.4, 0.5) is 35.2 Å². The Morgan fingerprint density at radius 3 is 2.69 bits per heavy atom. The number of nitrogen functional groups attached to an aromatic ring is 1. The smallest absolute Gasteiger partial charge is 0.448 e. The van der Waals surface area contributed by atoms with Crippen LogP contribution in [0.2, 0.25) is 0 Å². The average molecular weight is 510 g/mol. The van der Waals surface area contributed by atoms with Crippen LogP contribution in [0.1, 0.15) is 30.9 Å². The lowest BCUT2D eigenvalue weighted by atomic mass is 9.92. The van der Waals surface area contributed by atoms with Gasteiger partial charge in [0.2, 0.25) is 0 Å². The second kappa shape index (κ2) is 10.4. The number of amides is 2. The van der Waals surface area contributed by atoms with Gasteiger partial charge in [-0.3, -0.25) is 4.79 Å². The van der Waals surface area contributed by atoms with Gasteiger partial charge in [0, 0.05) is 37.8 Å². The van der Waals surface area contributed by atoms with Crippen LogP contribution in [0.3, 0.4) is 0 Å². The highest BCUT2D eigenvalue weighted by molar-refractivity contribution is 5.95. The van der Waals surface area contributed by atoms with Crippen LogP contribution in [0.5, 0.6) is 0 Å². The van der Waals surface area contributed by atoms with Crippen LogP contribution in [0.15, 0.2) is 29.3 Å². The fourth-order valence-electron chi connectivity index (χ4n) is 4.20. The Kier molecular flexibility index (Phi) is 7.70. The van der Waals surface area contributed by atoms with E-state index < -0.39 is 29.0 Å². The van der Waals surface area contributed by atoms with Crippen LogP contribution < -0.4 is 26.9 Å². The number of aryl methyl sites for hydroxylation is 1. The number of alkyl halides is 3. The van der Waals surface area contributed by atoms with Crippen LogP contribution >= 0.6 is 0 Å². The van der Waals surface area contributed by atoms with E-state index in [1.807, 2.05) is 13.0 Å². The Morgan fingerprint density at radius 2 is 2.08 bits per heavy atom. The Morgan fingerprint density at radius 1 is 1.39 bits per heavy atom. The fourth-order valence-corrected chi connectivity index (χ4v) is 4.20. The Labute approximate surface area is 205 Å². The SMILES string of the molecule is COC(=[NH2+])c1cc(N2CCC(/C=[N+](\C)C(=O)Nc3cc(C(F)(F)F)cn(C)c3=O)C[C@@H]2C)cnc1N. The molecule has 2 atom stereocenters. The third-order valence-corrected chi connectivity index (χ3v) is 6.14. The van der Waals surface area contributed by atoms with Gasteiger partial charge in [-0.1, -0.05) is 0 Å². The van der Waals surface area contributed by atoms with E-state index in [1.54, 1.807) is 12.4 Å². The zero-order chi connectivity index (χ0) is 26.8. The van der Waals surface area contributed by atoms with Gasteiger partial charge in [0.25, 0.3) is 5.56 Å². The van der Waals surface area contributed by atoms with Crippen LogP contribution in [-0.4, -0.2) is 59.0 Å². The maximum atomic E-state index is 13.1. The molecule has 10 nitrogen and oxygen atoms in total. The maximum absolute atomic E-state index is 13.1. The maximum Gasteiger partial charge on any atom is 0.495 e. The van der Waals surface area contributed by atoms with E-state index in [9.17, 15) is 22.8 Å². The molecule has 13 heteroatoms. The lowest BCUT2D eigenvalue weighted by molar-refractivity contribution is -0.386. The van der Waals surface area contributed by atoms with Gasteiger partial charge in [0.15, 0.2) is 5.69 Å². The number of nitrogens with one attached hydrogen (secondary N) is 1. The minimum atomic E-state index is -4.65. The number of rotatable bonds is 4. The number of aromatic nitrogens is 2. The van der Waals surface area contributed by atoms with Crippen molar-refractivity contribution in [2.75, 3.05) is 36.7 Å². The molecule has 36 heavy (non-hydrogen) atoms. The summed E-state index contributed by atoms with van der Waals surface area (Å²) >= 11 is 0. The third kappa shape index (κ3) is 5.83. The van der Waals surface area contributed by atoms with Gasteiger partial charge in [-0.2, -0.15) is 23.3 Å². The minimum Gasteiger partial charge on any atom is -0.448 e. The number of carbonyl (C=O) groups excluding carboxylic acids is 1. The van der Waals surface area contributed by atoms with Crippen LogP contribution in [0.25, 0.3) is 0 Å². The normalized spacial score (nSPS) is 18.6. The van der Waals surface area contributed by atoms with Crippen molar-refractivity contribution < 1.29 is 32.7 Å². The molecule has 0 aromatic carbocycles. The number of hydrogen-bond acceptors (Lipinski definition) is 6. The summed E-state index contributed by atoms with van der Waals surface area (Å²) in [6, 6.07) is 1.82. The van der Waals surface area contributed by atoms with Crippen molar-refractivity contribution in [1.29, 1.82) is 0 Å². The molecule has 1 fully saturated rings. The van der Waals surface area contributed by atoms with E-state index in [1.165, 1.54) is 25.8 Å². The molecule has 1 unspecified atom stereocenters. The molecule has 0 bridgehead atoms. The topological polar surface area (TPSA) is 131 Å². The molecule has 0 radical (unpaired) electrons. The van der Waals surface area contributed by atoms with Gasteiger partial charge in [0.1, 0.15) is 11.4 Å². The van der Waals surface area contributed by atoms with Crippen molar-refractivity contribution in [2.24, 2.45) is 13.0 Å². The summed E-state index contributed by atoms with van der Waals surface area (Å²) < 4.78 is 46.4. The third-order valence-electron chi connectivity index (χ3n) is 6.14. The van der Waals surface area contributed by atoms with E-state index in [-0.39, 0.29) is 23.7 Å². The standard InChI is InChI=1S/C23H28F3N7O3/c1-13-7-14(5-6-33(13)16-9-17(20(28)36-4)19(27)29-10-16)11-32(3)22(35)30-18-8-15(23(24,25)26)12-31(2)21(18)34/h8-14H,5-7H2,1-4H3,(H3-,27,28,29,30,35)/p+2/b32-11+/t13-,14?/m0/s1. The molecule has 2 aromatic heterocycles. The Hall–Kier alpha value is -3.90. The van der Waals surface area contributed by atoms with Crippen LogP contribution in [-0.2, 0) is 18.0 Å². The van der Waals surface area contributed by atoms with Crippen molar-refractivity contribution in [2.45, 2.75) is 32.0 Å². The number of hydrogen-bond donors (Lipinski definition) is 3. The highest BCUT2D eigenvalue weighted by atomic mass is 19.4. The molecule has 0 spiro atoms. The van der Waals surface area contributed by atoms with Crippen molar-refractivity contribution in [3.05, 3.63) is 46.0 Å². The monoisotopic (exact) mass is 509 g/mol. The molecular formula is C23H30F3N7O3+2. The van der Waals surface area contributed by atoms with Gasteiger partial charge in [-0.25, -0.2) is 15.0 Å². The Balaban J connectivity index is 1.71. The second-order valence-electron chi connectivity index (χ2n) is 8.77. The first-order valence-electron chi connectivity index (χ1n) is 11.2. The lowest BCUT2D eigenvalue weighted by Crippen LogP contribution is -2.44. The molecule has 3 heterocycles. The number of halogens is 3. The first-order chi connectivity index (χ1) is 16.8. The number of urea groups is 1. The number of piperidine rings is 1. The minimum absolute atomic E-state index is 0.0214. The zero-order valence-electron chi connectivity index (χ0n) is 20.5. The van der Waals surface area contributed by atoms with Gasteiger partial charge < -0.3 is 19.9 Å². The highest BCUT2D eigenvalue weighted by Gasteiger charge is 2.33. The second-order valence-corrected chi connectivity index (χ2v) is 8.77. The number of nitrogens with zero attached hydrogens (tertiary/aromatic N) is 4. The number of nitrogens with two attached hydrogens (primary N) is 2. The fraction of sp³-hybridized carbons (Fsp3) is 0.435. The van der Waals surface area contributed by atoms with Gasteiger partial charge in [0.05, 0.1) is 37.8 Å². The number of ether oxygens (including phenoxy) is 1. The quantitative estimate of drug-likeness (QED) is 0.321. The van der Waals surface area contributed by atoms with Crippen molar-refractivity contribution in [3.8, 4) is 0 Å². The number of methoxy groups -OCH3 is 1. The summed E-state index contributed by atoms with van der Waals surface area (Å²) in [5.74, 6) is 0.450. The molecule has 2 aromatic rings. The molecule has 5 N–H and O–H groups in total. The van der Waals surface area contributed by atoms with E-state index in [0.29, 0.717) is 37.2 Å². The molecule has 1 saturated heterocycles. The van der Waals surface area contributed by atoms with E-state index in [4.69, 9.17) is 15.9 Å². The summed E-state index contributed by atoms with van der Waals surface area (Å²) in [6.07, 6.45) is 0.815. The number of anilines is 3. The first kappa shape index (κ1) is 26.7. The Bertz CT molecular complexity index is 1260. The predicted octanol–water partition coefficient (Wildman–Crippen LogP) is 1.08. The van der Waals surface area contributed by atoms with E-state index in [2.05, 4.69) is 15.2 Å². The molecule has 0 aliphatic carbocycles. The lowest BCUT2D eigenvalue weighted by Gasteiger charge is -2.38. The average Bonchev–Trinajstić information content (AvgIpc) is 2.81. The van der Waals surface area contributed by atoms with Crippen LogP contribution in [0, 0.1) is 5.92 Å².